The van der Waals surface area contributed by atoms with Crippen LogP contribution in [0.25, 0.3) is 0 Å². The van der Waals surface area contributed by atoms with E-state index in [0.717, 1.165) is 6.54 Å². The molecule has 1 aliphatic carbocycles. The lowest BCUT2D eigenvalue weighted by Gasteiger charge is -2.27. The highest BCUT2D eigenvalue weighted by Gasteiger charge is 2.32. The van der Waals surface area contributed by atoms with Crippen molar-refractivity contribution < 1.29 is 14.3 Å². The summed E-state index contributed by atoms with van der Waals surface area (Å²) in [5.41, 5.74) is 0.807. The molecule has 0 saturated heterocycles. The lowest BCUT2D eigenvalue weighted by molar-refractivity contribution is 0.0688. The summed E-state index contributed by atoms with van der Waals surface area (Å²) in [6, 6.07) is 1.59. The van der Waals surface area contributed by atoms with Crippen LogP contribution in [0.15, 0.2) is 6.07 Å². The van der Waals surface area contributed by atoms with Crippen LogP contribution in [0.2, 0.25) is 0 Å². The molecule has 1 N–H and O–H groups in total. The SMILES string of the molecule is COCCNC(=O)c1cc2n(n1)CCN(CC1CC1)C2=O. The van der Waals surface area contributed by atoms with Crippen molar-refractivity contribution in [1.82, 2.24) is 20.0 Å². The van der Waals surface area contributed by atoms with Gasteiger partial charge in [-0.2, -0.15) is 5.10 Å². The van der Waals surface area contributed by atoms with E-state index in [9.17, 15) is 9.59 Å². The summed E-state index contributed by atoms with van der Waals surface area (Å²) in [6.45, 7) is 3.04. The maximum absolute atomic E-state index is 12.4. The van der Waals surface area contributed by atoms with Crippen LogP contribution in [0.4, 0.5) is 0 Å². The third-order valence-electron chi connectivity index (χ3n) is 3.87. The van der Waals surface area contributed by atoms with E-state index in [1.807, 2.05) is 4.90 Å². The number of rotatable bonds is 6. The summed E-state index contributed by atoms with van der Waals surface area (Å²) in [5, 5.41) is 6.94. The highest BCUT2D eigenvalue weighted by molar-refractivity contribution is 5.98. The molecule has 7 heteroatoms. The normalized spacial score (nSPS) is 17.8. The Bertz CT molecular complexity index is 550. The highest BCUT2D eigenvalue weighted by Crippen LogP contribution is 2.30. The first-order chi connectivity index (χ1) is 10.2. The molecule has 2 heterocycles. The van der Waals surface area contributed by atoms with E-state index < -0.39 is 0 Å². The van der Waals surface area contributed by atoms with E-state index in [1.54, 1.807) is 17.9 Å². The number of carbonyl (C=O) groups excluding carboxylic acids is 2. The average Bonchev–Trinajstić information content (AvgIpc) is 3.18. The Kier molecular flexibility index (Phi) is 3.92. The molecule has 3 rings (SSSR count). The van der Waals surface area contributed by atoms with Crippen molar-refractivity contribution in [2.24, 2.45) is 5.92 Å². The van der Waals surface area contributed by atoms with Crippen molar-refractivity contribution in [3.63, 3.8) is 0 Å². The second-order valence-corrected chi connectivity index (χ2v) is 5.58. The van der Waals surface area contributed by atoms with Crippen LogP contribution in [0.5, 0.6) is 0 Å². The predicted octanol–water partition coefficient (Wildman–Crippen LogP) is 0.125. The van der Waals surface area contributed by atoms with Crippen LogP contribution >= 0.6 is 0 Å². The highest BCUT2D eigenvalue weighted by atomic mass is 16.5. The fourth-order valence-electron chi connectivity index (χ4n) is 2.49. The van der Waals surface area contributed by atoms with Gasteiger partial charge in [0.05, 0.1) is 13.2 Å². The standard InChI is InChI=1S/C14H20N4O3/c1-21-7-4-15-13(19)11-8-12-14(20)17(9-10-2-3-10)5-6-18(12)16-11/h8,10H,2-7,9H2,1H3,(H,15,19). The minimum Gasteiger partial charge on any atom is -0.383 e. The molecule has 1 fully saturated rings. The zero-order chi connectivity index (χ0) is 14.8. The van der Waals surface area contributed by atoms with Crippen molar-refractivity contribution >= 4 is 11.8 Å². The molecule has 0 aromatic carbocycles. The molecule has 1 aromatic rings. The Labute approximate surface area is 123 Å². The zero-order valence-electron chi connectivity index (χ0n) is 12.2. The molecule has 1 saturated carbocycles. The lowest BCUT2D eigenvalue weighted by Crippen LogP contribution is -2.41. The van der Waals surface area contributed by atoms with Gasteiger partial charge in [0.2, 0.25) is 0 Å². The summed E-state index contributed by atoms with van der Waals surface area (Å²) < 4.78 is 6.52. The molecule has 1 aromatic heterocycles. The molecular formula is C14H20N4O3. The Morgan fingerprint density at radius 2 is 2.29 bits per heavy atom. The van der Waals surface area contributed by atoms with E-state index in [4.69, 9.17) is 4.74 Å². The van der Waals surface area contributed by atoms with Crippen LogP contribution in [0.1, 0.15) is 33.8 Å². The summed E-state index contributed by atoms with van der Waals surface area (Å²) in [6.07, 6.45) is 2.44. The number of hydrogen-bond donors (Lipinski definition) is 1. The van der Waals surface area contributed by atoms with Gasteiger partial charge in [-0.05, 0) is 18.8 Å². The number of aromatic nitrogens is 2. The van der Waals surface area contributed by atoms with Gasteiger partial charge < -0.3 is 15.0 Å². The van der Waals surface area contributed by atoms with Gasteiger partial charge in [0.25, 0.3) is 11.8 Å². The molecule has 0 unspecified atom stereocenters. The van der Waals surface area contributed by atoms with Crippen LogP contribution in [-0.2, 0) is 11.3 Å². The number of fused-ring (bicyclic) bond motifs is 1. The molecule has 0 spiro atoms. The molecule has 0 bridgehead atoms. The first-order valence-corrected chi connectivity index (χ1v) is 7.33. The summed E-state index contributed by atoms with van der Waals surface area (Å²) in [4.78, 5) is 26.2. The zero-order valence-corrected chi connectivity index (χ0v) is 12.2. The van der Waals surface area contributed by atoms with Crippen molar-refractivity contribution in [3.05, 3.63) is 17.5 Å². The van der Waals surface area contributed by atoms with Gasteiger partial charge in [-0.15, -0.1) is 0 Å². The van der Waals surface area contributed by atoms with E-state index in [0.29, 0.717) is 43.5 Å². The maximum atomic E-state index is 12.4. The largest absolute Gasteiger partial charge is 0.383 e. The number of nitrogens with one attached hydrogen (secondary N) is 1. The molecule has 2 amide bonds. The second kappa shape index (κ2) is 5.85. The fraction of sp³-hybridized carbons (Fsp3) is 0.643. The maximum Gasteiger partial charge on any atom is 0.272 e. The molecule has 7 nitrogen and oxygen atoms in total. The number of carbonyl (C=O) groups is 2. The molecule has 0 atom stereocenters. The minimum absolute atomic E-state index is 0.0170. The molecule has 2 aliphatic rings. The predicted molar refractivity (Wildman–Crippen MR) is 75.1 cm³/mol. The Morgan fingerprint density at radius 1 is 1.48 bits per heavy atom. The van der Waals surface area contributed by atoms with Crippen molar-refractivity contribution in [3.8, 4) is 0 Å². The third kappa shape index (κ3) is 3.07. The van der Waals surface area contributed by atoms with Crippen LogP contribution in [0, 0.1) is 5.92 Å². The second-order valence-electron chi connectivity index (χ2n) is 5.58. The van der Waals surface area contributed by atoms with Crippen molar-refractivity contribution in [2.45, 2.75) is 19.4 Å². The summed E-state index contributed by atoms with van der Waals surface area (Å²) in [7, 11) is 1.58. The van der Waals surface area contributed by atoms with Gasteiger partial charge in [-0.1, -0.05) is 0 Å². The molecule has 21 heavy (non-hydrogen) atoms. The Morgan fingerprint density at radius 3 is 3.00 bits per heavy atom. The van der Waals surface area contributed by atoms with Gasteiger partial charge in [-0.25, -0.2) is 0 Å². The van der Waals surface area contributed by atoms with Gasteiger partial charge in [0, 0.05) is 32.8 Å². The van der Waals surface area contributed by atoms with Crippen LogP contribution < -0.4 is 5.32 Å². The number of amides is 2. The fourth-order valence-corrected chi connectivity index (χ4v) is 2.49. The van der Waals surface area contributed by atoms with Gasteiger partial charge in [-0.3, -0.25) is 14.3 Å². The smallest absolute Gasteiger partial charge is 0.272 e. The van der Waals surface area contributed by atoms with Crippen LogP contribution in [0.3, 0.4) is 0 Å². The summed E-state index contributed by atoms with van der Waals surface area (Å²) >= 11 is 0. The quantitative estimate of drug-likeness (QED) is 0.756. The first kappa shape index (κ1) is 14.1. The Hall–Kier alpha value is -1.89. The van der Waals surface area contributed by atoms with Crippen molar-refractivity contribution in [1.29, 1.82) is 0 Å². The summed E-state index contributed by atoms with van der Waals surface area (Å²) in [5.74, 6) is 0.382. The molecule has 1 aliphatic heterocycles. The van der Waals surface area contributed by atoms with E-state index in [1.165, 1.54) is 12.8 Å². The Balaban J connectivity index is 1.67. The number of methoxy groups -OCH3 is 1. The first-order valence-electron chi connectivity index (χ1n) is 7.33. The molecular weight excluding hydrogens is 272 g/mol. The average molecular weight is 292 g/mol. The number of nitrogens with zero attached hydrogens (tertiary/aromatic N) is 3. The minimum atomic E-state index is -0.268. The number of hydrogen-bond acceptors (Lipinski definition) is 4. The number of ether oxygens (including phenoxy) is 1. The van der Waals surface area contributed by atoms with Gasteiger partial charge in [0.15, 0.2) is 5.69 Å². The topological polar surface area (TPSA) is 76.5 Å². The van der Waals surface area contributed by atoms with Gasteiger partial charge in [0.1, 0.15) is 5.69 Å². The molecule has 0 radical (unpaired) electrons. The lowest BCUT2D eigenvalue weighted by atomic mass is 10.2. The van der Waals surface area contributed by atoms with E-state index >= 15 is 0 Å². The monoisotopic (exact) mass is 292 g/mol. The van der Waals surface area contributed by atoms with E-state index in [-0.39, 0.29) is 11.8 Å². The van der Waals surface area contributed by atoms with Gasteiger partial charge >= 0.3 is 0 Å². The van der Waals surface area contributed by atoms with Crippen LogP contribution in [-0.4, -0.2) is 59.8 Å². The third-order valence-corrected chi connectivity index (χ3v) is 3.87. The van der Waals surface area contributed by atoms with E-state index in [2.05, 4.69) is 10.4 Å². The van der Waals surface area contributed by atoms with Crippen molar-refractivity contribution in [2.75, 3.05) is 33.4 Å². The molecule has 114 valence electrons.